The molecule has 6 rings (SSSR count). The second kappa shape index (κ2) is 16.2. The van der Waals surface area contributed by atoms with Gasteiger partial charge in [0.25, 0.3) is 11.6 Å². The zero-order chi connectivity index (χ0) is 35.9. The summed E-state index contributed by atoms with van der Waals surface area (Å²) in [5.41, 5.74) is 2.66. The van der Waals surface area contributed by atoms with Crippen LogP contribution in [-0.4, -0.2) is 127 Å². The van der Waals surface area contributed by atoms with Crippen LogP contribution >= 0.6 is 0 Å². The Kier molecular flexibility index (Phi) is 11.3. The van der Waals surface area contributed by atoms with Crippen LogP contribution < -0.4 is 9.64 Å². The summed E-state index contributed by atoms with van der Waals surface area (Å²) in [6, 6.07) is 20.6. The molecule has 2 aliphatic heterocycles. The Bertz CT molecular complexity index is 1840. The van der Waals surface area contributed by atoms with Crippen LogP contribution in [0.2, 0.25) is 0 Å². The molecule has 4 aromatic rings. The van der Waals surface area contributed by atoms with Gasteiger partial charge in [0.05, 0.1) is 11.5 Å². The summed E-state index contributed by atoms with van der Waals surface area (Å²) in [7, 11) is 0. The molecule has 0 bridgehead atoms. The number of carbonyl (C=O) groups is 3. The molecule has 2 saturated heterocycles. The van der Waals surface area contributed by atoms with Crippen LogP contribution in [0.15, 0.2) is 77.2 Å². The Morgan fingerprint density at radius 1 is 0.784 bits per heavy atom. The van der Waals surface area contributed by atoms with E-state index in [0.29, 0.717) is 80.6 Å². The molecule has 2 fully saturated rings. The first-order valence-corrected chi connectivity index (χ1v) is 17.5. The Hall–Kier alpha value is -5.27. The number of hydrogen-bond acceptors (Lipinski definition) is 10. The smallest absolute Gasteiger partial charge is 0.269 e. The van der Waals surface area contributed by atoms with Gasteiger partial charge in [-0.25, -0.2) is 0 Å². The molecule has 0 unspecified atom stereocenters. The molecule has 0 N–H and O–H groups in total. The maximum Gasteiger partial charge on any atom is 0.269 e. The zero-order valence-electron chi connectivity index (χ0n) is 29.2. The van der Waals surface area contributed by atoms with Crippen molar-refractivity contribution in [3.05, 3.63) is 99.8 Å². The van der Waals surface area contributed by atoms with E-state index in [4.69, 9.17) is 9.15 Å². The standard InChI is InChI=1S/C38H44N6O7/c1-3-41(4-2)32-12-7-30-25-35(51-34(30)26-32)37(46)28-8-13-33(14-9-28)50-24-23-39-15-19-42(20-16-39)36(45)27-40-17-21-43(22-18-40)38(47)29-5-10-31(11-6-29)44(48)49/h5-14,25-26H,3-4,15-24,27H2,1-2H3. The minimum atomic E-state index is -0.488. The number of anilines is 1. The third kappa shape index (κ3) is 8.55. The first-order chi connectivity index (χ1) is 24.7. The molecule has 2 amide bonds. The number of amides is 2. The normalized spacial score (nSPS) is 15.6. The zero-order valence-corrected chi connectivity index (χ0v) is 29.2. The SMILES string of the molecule is CCN(CC)c1ccc2cc(C(=O)c3ccc(OCCN4CCN(C(=O)CN5CCN(C(=O)c6ccc([N+](=O)[O-])cc6)CC5)CC4)cc3)oc2c1. The van der Waals surface area contributed by atoms with Gasteiger partial charge in [-0.1, -0.05) is 0 Å². The fourth-order valence-electron chi connectivity index (χ4n) is 6.58. The van der Waals surface area contributed by atoms with Gasteiger partial charge in [0.15, 0.2) is 5.76 Å². The molecule has 1 aromatic heterocycles. The van der Waals surface area contributed by atoms with Crippen molar-refractivity contribution in [2.45, 2.75) is 13.8 Å². The number of carbonyl (C=O) groups excluding carboxylic acids is 3. The lowest BCUT2D eigenvalue weighted by atomic mass is 10.1. The molecule has 0 radical (unpaired) electrons. The predicted molar refractivity (Wildman–Crippen MR) is 194 cm³/mol. The molecule has 0 aliphatic carbocycles. The highest BCUT2D eigenvalue weighted by Crippen LogP contribution is 2.27. The molecule has 0 spiro atoms. The molecular weight excluding hydrogens is 652 g/mol. The first-order valence-electron chi connectivity index (χ1n) is 17.5. The summed E-state index contributed by atoms with van der Waals surface area (Å²) in [4.78, 5) is 59.6. The van der Waals surface area contributed by atoms with Gasteiger partial charge in [0.2, 0.25) is 11.7 Å². The number of ether oxygens (including phenoxy) is 1. The van der Waals surface area contributed by atoms with Crippen molar-refractivity contribution < 1.29 is 28.5 Å². The van der Waals surface area contributed by atoms with Gasteiger partial charge in [-0.3, -0.25) is 34.3 Å². The lowest BCUT2D eigenvalue weighted by Crippen LogP contribution is -2.54. The average Bonchev–Trinajstić information content (AvgIpc) is 3.59. The van der Waals surface area contributed by atoms with Crippen LogP contribution in [0.1, 0.15) is 40.3 Å². The van der Waals surface area contributed by atoms with Crippen LogP contribution in [0.3, 0.4) is 0 Å². The Balaban J connectivity index is 0.891. The number of fused-ring (bicyclic) bond motifs is 1. The maximum absolute atomic E-state index is 13.2. The monoisotopic (exact) mass is 696 g/mol. The summed E-state index contributed by atoms with van der Waals surface area (Å²) in [6.07, 6.45) is 0. The van der Waals surface area contributed by atoms with Gasteiger partial charge < -0.3 is 23.9 Å². The second-order valence-electron chi connectivity index (χ2n) is 12.8. The van der Waals surface area contributed by atoms with Crippen molar-refractivity contribution in [2.24, 2.45) is 0 Å². The van der Waals surface area contributed by atoms with Crippen molar-refractivity contribution in [1.29, 1.82) is 0 Å². The maximum atomic E-state index is 13.2. The Morgan fingerprint density at radius 2 is 1.41 bits per heavy atom. The quantitative estimate of drug-likeness (QED) is 0.113. The predicted octanol–water partition coefficient (Wildman–Crippen LogP) is 4.40. The van der Waals surface area contributed by atoms with Crippen molar-refractivity contribution in [3.63, 3.8) is 0 Å². The van der Waals surface area contributed by atoms with Crippen molar-refractivity contribution in [2.75, 3.05) is 90.0 Å². The van der Waals surface area contributed by atoms with E-state index < -0.39 is 4.92 Å². The third-order valence-corrected chi connectivity index (χ3v) is 9.72. The average molecular weight is 697 g/mol. The van der Waals surface area contributed by atoms with E-state index in [1.165, 1.54) is 24.3 Å². The second-order valence-corrected chi connectivity index (χ2v) is 12.8. The van der Waals surface area contributed by atoms with E-state index in [0.717, 1.165) is 43.8 Å². The minimum absolute atomic E-state index is 0.0500. The molecule has 3 aromatic carbocycles. The number of nitrogens with zero attached hydrogens (tertiary/aromatic N) is 6. The lowest BCUT2D eigenvalue weighted by molar-refractivity contribution is -0.384. The molecule has 0 atom stereocenters. The van der Waals surface area contributed by atoms with E-state index >= 15 is 0 Å². The fourth-order valence-corrected chi connectivity index (χ4v) is 6.58. The van der Waals surface area contributed by atoms with Gasteiger partial charge in [-0.15, -0.1) is 0 Å². The van der Waals surface area contributed by atoms with Crippen LogP contribution in [0.5, 0.6) is 5.75 Å². The number of benzene rings is 3. The van der Waals surface area contributed by atoms with Crippen molar-refractivity contribution in [1.82, 2.24) is 19.6 Å². The number of hydrogen-bond donors (Lipinski definition) is 0. The third-order valence-electron chi connectivity index (χ3n) is 9.72. The van der Waals surface area contributed by atoms with Crippen LogP contribution in [0.4, 0.5) is 11.4 Å². The molecular formula is C38H44N6O7. The summed E-state index contributed by atoms with van der Waals surface area (Å²) in [5.74, 6) is 0.744. The highest BCUT2D eigenvalue weighted by molar-refractivity contribution is 6.09. The molecule has 13 nitrogen and oxygen atoms in total. The number of ketones is 1. The van der Waals surface area contributed by atoms with E-state index in [1.54, 1.807) is 35.2 Å². The van der Waals surface area contributed by atoms with Crippen LogP contribution in [0, 0.1) is 10.1 Å². The molecule has 51 heavy (non-hydrogen) atoms. The topological polar surface area (TPSA) is 133 Å². The first kappa shape index (κ1) is 35.6. The summed E-state index contributed by atoms with van der Waals surface area (Å²) in [5, 5.41) is 11.8. The van der Waals surface area contributed by atoms with Crippen molar-refractivity contribution >= 4 is 39.9 Å². The summed E-state index contributed by atoms with van der Waals surface area (Å²) >= 11 is 0. The highest BCUT2D eigenvalue weighted by Gasteiger charge is 2.27. The summed E-state index contributed by atoms with van der Waals surface area (Å²) < 4.78 is 11.9. The van der Waals surface area contributed by atoms with Gasteiger partial charge >= 0.3 is 0 Å². The molecule has 3 heterocycles. The summed E-state index contributed by atoms with van der Waals surface area (Å²) in [6.45, 7) is 12.5. The van der Waals surface area contributed by atoms with E-state index in [-0.39, 0.29) is 23.3 Å². The molecule has 268 valence electrons. The van der Waals surface area contributed by atoms with Gasteiger partial charge in [-0.05, 0) is 68.4 Å². The Labute approximate surface area is 297 Å². The largest absolute Gasteiger partial charge is 0.492 e. The number of piperazine rings is 2. The van der Waals surface area contributed by atoms with E-state index in [2.05, 4.69) is 34.6 Å². The highest BCUT2D eigenvalue weighted by atomic mass is 16.6. The molecule has 0 saturated carbocycles. The number of rotatable bonds is 13. The van der Waals surface area contributed by atoms with E-state index in [9.17, 15) is 24.5 Å². The van der Waals surface area contributed by atoms with Gasteiger partial charge in [0.1, 0.15) is 17.9 Å². The number of non-ortho nitro benzene ring substituents is 1. The number of nitro groups is 1. The lowest BCUT2D eigenvalue weighted by Gasteiger charge is -2.38. The van der Waals surface area contributed by atoms with Gasteiger partial charge in [0, 0.05) is 112 Å². The van der Waals surface area contributed by atoms with Crippen LogP contribution in [-0.2, 0) is 4.79 Å². The molecule has 13 heteroatoms. The van der Waals surface area contributed by atoms with Gasteiger partial charge in [-0.2, -0.15) is 0 Å². The molecule has 2 aliphatic rings. The number of nitro benzene ring substituents is 1. The fraction of sp³-hybridized carbons (Fsp3) is 0.395. The minimum Gasteiger partial charge on any atom is -0.492 e. The Morgan fingerprint density at radius 3 is 2.06 bits per heavy atom. The van der Waals surface area contributed by atoms with E-state index in [1.807, 2.05) is 17.0 Å². The van der Waals surface area contributed by atoms with Crippen molar-refractivity contribution in [3.8, 4) is 5.75 Å². The number of furan rings is 1. The van der Waals surface area contributed by atoms with Crippen LogP contribution in [0.25, 0.3) is 11.0 Å².